The Bertz CT molecular complexity index is 905. The van der Waals surface area contributed by atoms with Gasteiger partial charge in [-0.2, -0.15) is 5.10 Å². The van der Waals surface area contributed by atoms with Crippen LogP contribution in [0.5, 0.6) is 11.5 Å². The number of nitrogens with one attached hydrogen (secondary N) is 1. The van der Waals surface area contributed by atoms with Gasteiger partial charge in [-0.05, 0) is 68.8 Å². The zero-order valence-electron chi connectivity index (χ0n) is 16.4. The zero-order valence-corrected chi connectivity index (χ0v) is 16.4. The van der Waals surface area contributed by atoms with Crippen LogP contribution < -0.4 is 14.8 Å². The molecular weight excluding hydrogens is 354 g/mol. The van der Waals surface area contributed by atoms with Crippen LogP contribution >= 0.6 is 0 Å². The maximum absolute atomic E-state index is 12.6. The van der Waals surface area contributed by atoms with E-state index < -0.39 is 0 Å². The Labute approximate surface area is 165 Å². The topological polar surface area (TPSA) is 65.4 Å². The first-order valence-corrected chi connectivity index (χ1v) is 9.42. The summed E-state index contributed by atoms with van der Waals surface area (Å²) in [4.78, 5) is 12.6. The minimum atomic E-state index is -0.173. The van der Waals surface area contributed by atoms with E-state index in [1.54, 1.807) is 23.0 Å². The fraction of sp³-hybridized carbons (Fsp3) is 0.273. The van der Waals surface area contributed by atoms with Gasteiger partial charge >= 0.3 is 0 Å². The summed E-state index contributed by atoms with van der Waals surface area (Å²) < 4.78 is 13.0. The Morgan fingerprint density at radius 2 is 1.79 bits per heavy atom. The van der Waals surface area contributed by atoms with Gasteiger partial charge in [-0.1, -0.05) is 6.07 Å². The molecule has 0 aliphatic carbocycles. The van der Waals surface area contributed by atoms with Crippen LogP contribution in [0.15, 0.2) is 60.9 Å². The summed E-state index contributed by atoms with van der Waals surface area (Å²) >= 11 is 0. The van der Waals surface area contributed by atoms with Gasteiger partial charge in [-0.25, -0.2) is 4.68 Å². The first kappa shape index (κ1) is 19.5. The molecule has 1 N–H and O–H groups in total. The molecule has 1 atom stereocenters. The van der Waals surface area contributed by atoms with Gasteiger partial charge in [0, 0.05) is 18.0 Å². The average Bonchev–Trinajstić information content (AvgIpc) is 3.24. The van der Waals surface area contributed by atoms with Crippen LogP contribution in [0.1, 0.15) is 42.7 Å². The molecule has 0 spiro atoms. The number of aromatic nitrogens is 2. The lowest BCUT2D eigenvalue weighted by atomic mass is 10.1. The van der Waals surface area contributed by atoms with E-state index in [-0.39, 0.29) is 11.9 Å². The summed E-state index contributed by atoms with van der Waals surface area (Å²) in [7, 11) is 0. The van der Waals surface area contributed by atoms with Gasteiger partial charge in [0.1, 0.15) is 0 Å². The molecule has 1 heterocycles. The quantitative estimate of drug-likeness (QED) is 0.638. The maximum atomic E-state index is 12.6. The van der Waals surface area contributed by atoms with Gasteiger partial charge < -0.3 is 14.8 Å². The number of ether oxygens (including phenoxy) is 2. The highest BCUT2D eigenvalue weighted by Gasteiger charge is 2.14. The normalized spacial score (nSPS) is 11.7. The number of hydrogen-bond donors (Lipinski definition) is 1. The summed E-state index contributed by atoms with van der Waals surface area (Å²) in [5, 5.41) is 7.22. The summed E-state index contributed by atoms with van der Waals surface area (Å²) in [6.07, 6.45) is 3.58. The fourth-order valence-corrected chi connectivity index (χ4v) is 2.89. The number of nitrogens with zero attached hydrogens (tertiary/aromatic N) is 2. The van der Waals surface area contributed by atoms with Gasteiger partial charge in [-0.3, -0.25) is 4.79 Å². The first-order chi connectivity index (χ1) is 13.6. The number of amides is 1. The third kappa shape index (κ3) is 4.52. The number of rotatable bonds is 8. The number of carbonyl (C=O) groups is 1. The second-order valence-corrected chi connectivity index (χ2v) is 6.26. The van der Waals surface area contributed by atoms with E-state index >= 15 is 0 Å². The van der Waals surface area contributed by atoms with Crippen molar-refractivity contribution in [3.05, 3.63) is 72.1 Å². The smallest absolute Gasteiger partial charge is 0.251 e. The lowest BCUT2D eigenvalue weighted by Crippen LogP contribution is -2.26. The second kappa shape index (κ2) is 9.08. The standard InChI is InChI=1S/C22H25N3O3/c1-4-27-20-12-9-18(15-21(20)28-5-2)16(3)24-22(26)17-7-10-19(11-8-17)25-14-6-13-23-25/h6-16H,4-5H2,1-3H3,(H,24,26). The molecule has 0 aliphatic rings. The van der Waals surface area contributed by atoms with E-state index in [0.717, 1.165) is 11.3 Å². The molecule has 0 aliphatic heterocycles. The minimum absolute atomic E-state index is 0.133. The van der Waals surface area contributed by atoms with E-state index in [4.69, 9.17) is 9.47 Å². The summed E-state index contributed by atoms with van der Waals surface area (Å²) in [6.45, 7) is 6.93. The maximum Gasteiger partial charge on any atom is 0.251 e. The van der Waals surface area contributed by atoms with Crippen LogP contribution in [0.3, 0.4) is 0 Å². The van der Waals surface area contributed by atoms with Crippen LogP contribution in [-0.4, -0.2) is 28.9 Å². The average molecular weight is 379 g/mol. The Morgan fingerprint density at radius 3 is 2.43 bits per heavy atom. The molecule has 1 unspecified atom stereocenters. The predicted octanol–water partition coefficient (Wildman–Crippen LogP) is 4.16. The van der Waals surface area contributed by atoms with Crippen LogP contribution in [0.4, 0.5) is 0 Å². The van der Waals surface area contributed by atoms with Crippen molar-refractivity contribution >= 4 is 5.91 Å². The van der Waals surface area contributed by atoms with Crippen molar-refractivity contribution in [2.45, 2.75) is 26.8 Å². The SMILES string of the molecule is CCOc1ccc(C(C)NC(=O)c2ccc(-n3cccn3)cc2)cc1OCC. The molecule has 28 heavy (non-hydrogen) atoms. The molecular formula is C22H25N3O3. The highest BCUT2D eigenvalue weighted by Crippen LogP contribution is 2.30. The van der Waals surface area contributed by atoms with Crippen molar-refractivity contribution in [2.75, 3.05) is 13.2 Å². The van der Waals surface area contributed by atoms with E-state index in [0.29, 0.717) is 30.3 Å². The van der Waals surface area contributed by atoms with Gasteiger partial charge in [0.05, 0.1) is 24.9 Å². The fourth-order valence-electron chi connectivity index (χ4n) is 2.89. The predicted molar refractivity (Wildman–Crippen MR) is 108 cm³/mol. The van der Waals surface area contributed by atoms with Crippen molar-refractivity contribution in [3.8, 4) is 17.2 Å². The highest BCUT2D eigenvalue weighted by molar-refractivity contribution is 5.94. The van der Waals surface area contributed by atoms with Crippen LogP contribution in [0.2, 0.25) is 0 Å². The van der Waals surface area contributed by atoms with Gasteiger partial charge in [0.2, 0.25) is 0 Å². The van der Waals surface area contributed by atoms with Crippen molar-refractivity contribution in [1.29, 1.82) is 0 Å². The van der Waals surface area contributed by atoms with Crippen LogP contribution in [-0.2, 0) is 0 Å². The lowest BCUT2D eigenvalue weighted by Gasteiger charge is -2.17. The van der Waals surface area contributed by atoms with Crippen molar-refractivity contribution < 1.29 is 14.3 Å². The molecule has 0 radical (unpaired) electrons. The zero-order chi connectivity index (χ0) is 19.9. The van der Waals surface area contributed by atoms with E-state index in [1.807, 2.05) is 63.4 Å². The molecule has 0 saturated heterocycles. The Kier molecular flexibility index (Phi) is 6.32. The molecule has 0 fully saturated rings. The second-order valence-electron chi connectivity index (χ2n) is 6.26. The Balaban J connectivity index is 1.70. The largest absolute Gasteiger partial charge is 0.490 e. The number of benzene rings is 2. The minimum Gasteiger partial charge on any atom is -0.490 e. The Morgan fingerprint density at radius 1 is 1.07 bits per heavy atom. The summed E-state index contributed by atoms with van der Waals surface area (Å²) in [5.74, 6) is 1.26. The van der Waals surface area contributed by atoms with Crippen molar-refractivity contribution in [3.63, 3.8) is 0 Å². The van der Waals surface area contributed by atoms with Crippen LogP contribution in [0.25, 0.3) is 5.69 Å². The molecule has 146 valence electrons. The Hall–Kier alpha value is -3.28. The van der Waals surface area contributed by atoms with Crippen molar-refractivity contribution in [1.82, 2.24) is 15.1 Å². The third-order valence-corrected chi connectivity index (χ3v) is 4.31. The first-order valence-electron chi connectivity index (χ1n) is 9.42. The molecule has 0 bridgehead atoms. The number of carbonyl (C=O) groups excluding carboxylic acids is 1. The molecule has 1 amide bonds. The summed E-state index contributed by atoms with van der Waals surface area (Å²) in [5.41, 5.74) is 2.45. The molecule has 1 aromatic heterocycles. The molecule has 6 nitrogen and oxygen atoms in total. The molecule has 3 rings (SSSR count). The van der Waals surface area contributed by atoms with Gasteiger partial charge in [-0.15, -0.1) is 0 Å². The monoisotopic (exact) mass is 379 g/mol. The lowest BCUT2D eigenvalue weighted by molar-refractivity contribution is 0.0940. The van der Waals surface area contributed by atoms with Crippen molar-refractivity contribution in [2.24, 2.45) is 0 Å². The molecule has 2 aromatic carbocycles. The molecule has 3 aromatic rings. The van der Waals surface area contributed by atoms with Crippen LogP contribution in [0, 0.1) is 0 Å². The molecule has 0 saturated carbocycles. The molecule has 6 heteroatoms. The summed E-state index contributed by atoms with van der Waals surface area (Å²) in [6, 6.07) is 14.8. The van der Waals surface area contributed by atoms with Gasteiger partial charge in [0.25, 0.3) is 5.91 Å². The van der Waals surface area contributed by atoms with E-state index in [9.17, 15) is 4.79 Å². The van der Waals surface area contributed by atoms with E-state index in [2.05, 4.69) is 10.4 Å². The van der Waals surface area contributed by atoms with E-state index in [1.165, 1.54) is 0 Å². The van der Waals surface area contributed by atoms with Gasteiger partial charge in [0.15, 0.2) is 11.5 Å². The third-order valence-electron chi connectivity index (χ3n) is 4.31. The highest BCUT2D eigenvalue weighted by atomic mass is 16.5. The number of hydrogen-bond acceptors (Lipinski definition) is 4.